The van der Waals surface area contributed by atoms with E-state index in [0.29, 0.717) is 12.8 Å². The summed E-state index contributed by atoms with van der Waals surface area (Å²) in [4.78, 5) is 0. The van der Waals surface area contributed by atoms with Crippen LogP contribution in [0.1, 0.15) is 37.2 Å². The maximum Gasteiger partial charge on any atom is 0.147 e. The molecule has 1 atom stereocenters. The average Bonchev–Trinajstić information content (AvgIpc) is 2.64. The molecule has 0 fully saturated rings. The Morgan fingerprint density at radius 3 is 2.72 bits per heavy atom. The van der Waals surface area contributed by atoms with Crippen LogP contribution < -0.4 is 11.3 Å². The highest BCUT2D eigenvalue weighted by atomic mass is 32.2. The average molecular weight is 274 g/mol. The van der Waals surface area contributed by atoms with Crippen LogP contribution in [0.4, 0.5) is 0 Å². The molecule has 0 saturated heterocycles. The Bertz CT molecular complexity index is 481. The quantitative estimate of drug-likeness (QED) is 0.559. The number of aromatic nitrogens is 2. The third-order valence-corrected chi connectivity index (χ3v) is 3.83. The number of sulfone groups is 1. The van der Waals surface area contributed by atoms with Gasteiger partial charge < -0.3 is 0 Å². The second kappa shape index (κ2) is 6.31. The van der Waals surface area contributed by atoms with E-state index in [4.69, 9.17) is 5.84 Å². The van der Waals surface area contributed by atoms with Crippen molar-refractivity contribution in [3.05, 3.63) is 17.5 Å². The molecule has 3 N–H and O–H groups in total. The van der Waals surface area contributed by atoms with Crippen molar-refractivity contribution in [3.8, 4) is 0 Å². The third kappa shape index (κ3) is 4.40. The standard InChI is InChI=1S/C11H22N4O2S/c1-4-15-11(8-9(2)14-15)10(13-12)6-5-7-18(3,16)17/h8,10,13H,4-7,12H2,1-3H3. The first-order valence-electron chi connectivity index (χ1n) is 6.05. The molecule has 7 heteroatoms. The summed E-state index contributed by atoms with van der Waals surface area (Å²) in [7, 11) is -2.91. The Hall–Kier alpha value is -0.920. The van der Waals surface area contributed by atoms with Crippen LogP contribution in [0.3, 0.4) is 0 Å². The SMILES string of the molecule is CCn1nc(C)cc1C(CCCS(C)(=O)=O)NN. The van der Waals surface area contributed by atoms with Gasteiger partial charge in [-0.25, -0.2) is 8.42 Å². The van der Waals surface area contributed by atoms with Gasteiger partial charge >= 0.3 is 0 Å². The van der Waals surface area contributed by atoms with E-state index in [1.807, 2.05) is 24.6 Å². The molecule has 0 spiro atoms. The van der Waals surface area contributed by atoms with E-state index in [1.165, 1.54) is 6.26 Å². The van der Waals surface area contributed by atoms with Crippen molar-refractivity contribution in [1.82, 2.24) is 15.2 Å². The van der Waals surface area contributed by atoms with Gasteiger partial charge in [-0.1, -0.05) is 0 Å². The maximum atomic E-state index is 11.1. The smallest absolute Gasteiger partial charge is 0.147 e. The molecular weight excluding hydrogens is 252 g/mol. The molecule has 0 bridgehead atoms. The highest BCUT2D eigenvalue weighted by molar-refractivity contribution is 7.90. The van der Waals surface area contributed by atoms with Crippen molar-refractivity contribution in [2.45, 2.75) is 39.3 Å². The zero-order valence-electron chi connectivity index (χ0n) is 11.2. The lowest BCUT2D eigenvalue weighted by Crippen LogP contribution is -2.30. The molecule has 1 heterocycles. The number of rotatable bonds is 7. The van der Waals surface area contributed by atoms with E-state index in [9.17, 15) is 8.42 Å². The van der Waals surface area contributed by atoms with Crippen LogP contribution >= 0.6 is 0 Å². The highest BCUT2D eigenvalue weighted by Crippen LogP contribution is 2.19. The van der Waals surface area contributed by atoms with Gasteiger partial charge in [0.15, 0.2) is 0 Å². The monoisotopic (exact) mass is 274 g/mol. The predicted molar refractivity (Wildman–Crippen MR) is 71.6 cm³/mol. The summed E-state index contributed by atoms with van der Waals surface area (Å²) in [5, 5.41) is 4.36. The van der Waals surface area contributed by atoms with Crippen LogP contribution in [0.25, 0.3) is 0 Å². The van der Waals surface area contributed by atoms with E-state index < -0.39 is 9.84 Å². The Morgan fingerprint density at radius 1 is 1.56 bits per heavy atom. The normalized spacial score (nSPS) is 13.8. The van der Waals surface area contributed by atoms with Gasteiger partial charge in [-0.05, 0) is 32.8 Å². The van der Waals surface area contributed by atoms with E-state index in [1.54, 1.807) is 0 Å². The van der Waals surface area contributed by atoms with Crippen molar-refractivity contribution in [2.24, 2.45) is 5.84 Å². The fourth-order valence-electron chi connectivity index (χ4n) is 1.97. The molecule has 0 aliphatic carbocycles. The molecule has 0 aliphatic rings. The predicted octanol–water partition coefficient (Wildman–Crippen LogP) is 0.541. The Labute approximate surface area is 108 Å². The minimum absolute atomic E-state index is 0.0621. The highest BCUT2D eigenvalue weighted by Gasteiger charge is 2.16. The van der Waals surface area contributed by atoms with Crippen molar-refractivity contribution in [1.29, 1.82) is 0 Å². The van der Waals surface area contributed by atoms with Gasteiger partial charge in [0.05, 0.1) is 17.4 Å². The molecule has 6 nitrogen and oxygen atoms in total. The number of hydrazine groups is 1. The summed E-state index contributed by atoms with van der Waals surface area (Å²) in [6, 6.07) is 1.92. The molecule has 0 aliphatic heterocycles. The summed E-state index contributed by atoms with van der Waals surface area (Å²) in [5.74, 6) is 5.73. The Morgan fingerprint density at radius 2 is 2.22 bits per heavy atom. The van der Waals surface area contributed by atoms with Crippen LogP contribution in [0.5, 0.6) is 0 Å². The number of nitrogens with zero attached hydrogens (tertiary/aromatic N) is 2. The summed E-state index contributed by atoms with van der Waals surface area (Å²) in [6.07, 6.45) is 2.51. The first kappa shape index (κ1) is 15.1. The molecule has 0 saturated carbocycles. The Balaban J connectivity index is 2.71. The van der Waals surface area contributed by atoms with Crippen LogP contribution in [0.2, 0.25) is 0 Å². The van der Waals surface area contributed by atoms with E-state index in [0.717, 1.165) is 17.9 Å². The van der Waals surface area contributed by atoms with E-state index in [2.05, 4.69) is 10.5 Å². The number of nitrogens with one attached hydrogen (secondary N) is 1. The van der Waals surface area contributed by atoms with Crippen molar-refractivity contribution >= 4 is 9.84 Å². The van der Waals surface area contributed by atoms with Crippen LogP contribution in [-0.4, -0.2) is 30.2 Å². The van der Waals surface area contributed by atoms with Gasteiger partial charge in [0.2, 0.25) is 0 Å². The van der Waals surface area contributed by atoms with Crippen LogP contribution in [0, 0.1) is 6.92 Å². The van der Waals surface area contributed by atoms with Gasteiger partial charge in [-0.2, -0.15) is 5.10 Å². The largest absolute Gasteiger partial charge is 0.271 e. The van der Waals surface area contributed by atoms with Crippen LogP contribution in [-0.2, 0) is 16.4 Å². The summed E-state index contributed by atoms with van der Waals surface area (Å²) < 4.78 is 24.1. The first-order chi connectivity index (χ1) is 8.37. The van der Waals surface area contributed by atoms with E-state index in [-0.39, 0.29) is 11.8 Å². The lowest BCUT2D eigenvalue weighted by Gasteiger charge is -2.16. The zero-order valence-corrected chi connectivity index (χ0v) is 12.0. The molecule has 18 heavy (non-hydrogen) atoms. The number of hydrogen-bond acceptors (Lipinski definition) is 5. The minimum Gasteiger partial charge on any atom is -0.271 e. The fraction of sp³-hybridized carbons (Fsp3) is 0.727. The number of aryl methyl sites for hydroxylation is 2. The molecule has 1 rings (SSSR count). The van der Waals surface area contributed by atoms with Gasteiger partial charge in [0.25, 0.3) is 0 Å². The second-order valence-corrected chi connectivity index (χ2v) is 6.78. The van der Waals surface area contributed by atoms with Gasteiger partial charge in [-0.15, -0.1) is 0 Å². The molecule has 0 aromatic carbocycles. The third-order valence-electron chi connectivity index (χ3n) is 2.80. The van der Waals surface area contributed by atoms with Crippen molar-refractivity contribution in [3.63, 3.8) is 0 Å². The first-order valence-corrected chi connectivity index (χ1v) is 8.11. The van der Waals surface area contributed by atoms with Crippen molar-refractivity contribution < 1.29 is 8.42 Å². The lowest BCUT2D eigenvalue weighted by atomic mass is 10.1. The summed E-state index contributed by atoms with van der Waals surface area (Å²) in [6.45, 7) is 4.72. The molecule has 104 valence electrons. The van der Waals surface area contributed by atoms with Gasteiger partial charge in [0.1, 0.15) is 9.84 Å². The summed E-state index contributed by atoms with van der Waals surface area (Å²) in [5.41, 5.74) is 4.68. The summed E-state index contributed by atoms with van der Waals surface area (Å²) >= 11 is 0. The Kier molecular flexibility index (Phi) is 5.30. The van der Waals surface area contributed by atoms with Gasteiger partial charge in [-0.3, -0.25) is 16.0 Å². The molecule has 1 aromatic heterocycles. The maximum absolute atomic E-state index is 11.1. The van der Waals surface area contributed by atoms with Gasteiger partial charge in [0, 0.05) is 18.6 Å². The topological polar surface area (TPSA) is 90.0 Å². The fourth-order valence-corrected chi connectivity index (χ4v) is 2.66. The second-order valence-electron chi connectivity index (χ2n) is 4.52. The molecule has 0 radical (unpaired) electrons. The van der Waals surface area contributed by atoms with E-state index >= 15 is 0 Å². The lowest BCUT2D eigenvalue weighted by molar-refractivity contribution is 0.461. The number of hydrogen-bond donors (Lipinski definition) is 2. The zero-order chi connectivity index (χ0) is 13.8. The minimum atomic E-state index is -2.91. The molecular formula is C11H22N4O2S. The van der Waals surface area contributed by atoms with Crippen LogP contribution in [0.15, 0.2) is 6.07 Å². The molecule has 1 aromatic rings. The van der Waals surface area contributed by atoms with Crippen molar-refractivity contribution in [2.75, 3.05) is 12.0 Å². The molecule has 0 amide bonds. The molecule has 1 unspecified atom stereocenters. The number of nitrogens with two attached hydrogens (primary N) is 1.